The van der Waals surface area contributed by atoms with Gasteiger partial charge in [0.15, 0.2) is 5.13 Å². The summed E-state index contributed by atoms with van der Waals surface area (Å²) in [5, 5.41) is 0.963. The second-order valence-corrected chi connectivity index (χ2v) is 7.04. The van der Waals surface area contributed by atoms with Gasteiger partial charge in [-0.15, -0.1) is 0 Å². The Morgan fingerprint density at radius 1 is 1.24 bits per heavy atom. The fourth-order valence-electron chi connectivity index (χ4n) is 2.12. The summed E-state index contributed by atoms with van der Waals surface area (Å²) in [6, 6.07) is 7.96. The molecule has 2 rings (SSSR count). The molecule has 0 aliphatic carbocycles. The third-order valence-corrected chi connectivity index (χ3v) is 4.48. The van der Waals surface area contributed by atoms with E-state index in [2.05, 4.69) is 25.7 Å². The number of anilines is 2. The van der Waals surface area contributed by atoms with Crippen LogP contribution in [0.2, 0.25) is 0 Å². The molecule has 1 heterocycles. The molecule has 0 atom stereocenters. The summed E-state index contributed by atoms with van der Waals surface area (Å²) in [5.74, 6) is 0.851. The van der Waals surface area contributed by atoms with Crippen LogP contribution in [0.1, 0.15) is 31.3 Å². The van der Waals surface area contributed by atoms with Gasteiger partial charge in [0.25, 0.3) is 0 Å². The van der Waals surface area contributed by atoms with Gasteiger partial charge in [0.1, 0.15) is 5.75 Å². The van der Waals surface area contributed by atoms with Crippen molar-refractivity contribution in [3.05, 3.63) is 34.8 Å². The molecule has 0 bridgehead atoms. The highest BCUT2D eigenvalue weighted by Gasteiger charge is 2.23. The van der Waals surface area contributed by atoms with Gasteiger partial charge in [-0.2, -0.15) is 0 Å². The van der Waals surface area contributed by atoms with Gasteiger partial charge >= 0.3 is 0 Å². The van der Waals surface area contributed by atoms with Gasteiger partial charge < -0.3 is 15.4 Å². The Morgan fingerprint density at radius 2 is 1.86 bits per heavy atom. The molecule has 1 aromatic heterocycles. The van der Waals surface area contributed by atoms with Crippen molar-refractivity contribution in [1.29, 1.82) is 0 Å². The maximum Gasteiger partial charge on any atom is 0.190 e. The molecule has 0 radical (unpaired) electrons. The lowest BCUT2D eigenvalue weighted by Gasteiger charge is -2.18. The largest absolute Gasteiger partial charge is 0.497 e. The number of rotatable bonds is 4. The van der Waals surface area contributed by atoms with Crippen LogP contribution in [-0.4, -0.2) is 19.1 Å². The number of nitrogens with two attached hydrogens (primary N) is 1. The highest BCUT2D eigenvalue weighted by Crippen LogP contribution is 2.35. The van der Waals surface area contributed by atoms with Crippen molar-refractivity contribution in [3.8, 4) is 5.75 Å². The first-order valence-corrected chi connectivity index (χ1v) is 7.76. The van der Waals surface area contributed by atoms with Crippen molar-refractivity contribution in [1.82, 2.24) is 4.98 Å². The van der Waals surface area contributed by atoms with Crippen molar-refractivity contribution < 1.29 is 4.74 Å². The maximum absolute atomic E-state index is 5.87. The van der Waals surface area contributed by atoms with Crippen LogP contribution < -0.4 is 15.4 Å². The van der Waals surface area contributed by atoms with E-state index in [-0.39, 0.29) is 5.41 Å². The van der Waals surface area contributed by atoms with Gasteiger partial charge in [0.05, 0.1) is 12.8 Å². The van der Waals surface area contributed by atoms with E-state index in [0.717, 1.165) is 27.1 Å². The average molecular weight is 305 g/mol. The molecule has 0 spiro atoms. The molecule has 0 unspecified atom stereocenters. The number of thiazole rings is 1. The predicted octanol–water partition coefficient (Wildman–Crippen LogP) is 3.68. The van der Waals surface area contributed by atoms with Gasteiger partial charge in [-0.05, 0) is 24.3 Å². The van der Waals surface area contributed by atoms with E-state index in [4.69, 9.17) is 15.5 Å². The Labute approximate surface area is 130 Å². The third kappa shape index (κ3) is 3.36. The van der Waals surface area contributed by atoms with E-state index >= 15 is 0 Å². The molecule has 2 aromatic rings. The Hall–Kier alpha value is -1.59. The summed E-state index contributed by atoms with van der Waals surface area (Å²) in [5.41, 5.74) is 8.04. The number of methoxy groups -OCH3 is 1. The Morgan fingerprint density at radius 3 is 2.29 bits per heavy atom. The zero-order chi connectivity index (χ0) is 15.6. The molecule has 0 aliphatic heterocycles. The van der Waals surface area contributed by atoms with Crippen LogP contribution in [0.3, 0.4) is 0 Å². The average Bonchev–Trinajstić information content (AvgIpc) is 2.91. The SMILES string of the molecule is COc1ccc(N(C)c2nc(C(C)(C)C)c(CN)s2)cc1. The Kier molecular flexibility index (Phi) is 4.54. The number of ether oxygens (including phenoxy) is 1. The number of hydrogen-bond donors (Lipinski definition) is 1. The number of hydrogen-bond acceptors (Lipinski definition) is 5. The molecule has 0 saturated carbocycles. The van der Waals surface area contributed by atoms with Crippen LogP contribution in [-0.2, 0) is 12.0 Å². The van der Waals surface area contributed by atoms with E-state index in [1.165, 1.54) is 0 Å². The topological polar surface area (TPSA) is 51.4 Å². The summed E-state index contributed by atoms with van der Waals surface area (Å²) in [6.07, 6.45) is 0. The monoisotopic (exact) mass is 305 g/mol. The fourth-order valence-corrected chi connectivity index (χ4v) is 3.25. The summed E-state index contributed by atoms with van der Waals surface area (Å²) in [7, 11) is 3.69. The maximum atomic E-state index is 5.87. The van der Waals surface area contributed by atoms with Crippen molar-refractivity contribution in [2.75, 3.05) is 19.1 Å². The number of nitrogens with zero attached hydrogens (tertiary/aromatic N) is 2. The van der Waals surface area contributed by atoms with Crippen molar-refractivity contribution >= 4 is 22.2 Å². The normalized spacial score (nSPS) is 11.5. The third-order valence-electron chi connectivity index (χ3n) is 3.33. The molecule has 0 amide bonds. The fraction of sp³-hybridized carbons (Fsp3) is 0.438. The zero-order valence-electron chi connectivity index (χ0n) is 13.3. The second-order valence-electron chi connectivity index (χ2n) is 5.98. The minimum Gasteiger partial charge on any atom is -0.497 e. The molecule has 0 aliphatic rings. The van der Waals surface area contributed by atoms with Crippen LogP contribution in [0.25, 0.3) is 0 Å². The highest BCUT2D eigenvalue weighted by atomic mass is 32.1. The van der Waals surface area contributed by atoms with Crippen LogP contribution in [0.4, 0.5) is 10.8 Å². The highest BCUT2D eigenvalue weighted by molar-refractivity contribution is 7.15. The van der Waals surface area contributed by atoms with Crippen LogP contribution >= 0.6 is 11.3 Å². The van der Waals surface area contributed by atoms with Crippen molar-refractivity contribution in [2.24, 2.45) is 5.73 Å². The smallest absolute Gasteiger partial charge is 0.190 e. The summed E-state index contributed by atoms with van der Waals surface area (Å²) < 4.78 is 5.19. The van der Waals surface area contributed by atoms with Gasteiger partial charge in [0, 0.05) is 29.6 Å². The lowest BCUT2D eigenvalue weighted by atomic mass is 9.91. The number of benzene rings is 1. The first kappa shape index (κ1) is 15.8. The van der Waals surface area contributed by atoms with Crippen LogP contribution in [0, 0.1) is 0 Å². The minimum absolute atomic E-state index is 0.00417. The number of aromatic nitrogens is 1. The Balaban J connectivity index is 2.34. The van der Waals surface area contributed by atoms with Gasteiger partial charge in [-0.25, -0.2) is 4.98 Å². The molecule has 0 fully saturated rings. The lowest BCUT2D eigenvalue weighted by molar-refractivity contribution is 0.415. The second kappa shape index (κ2) is 6.03. The zero-order valence-corrected chi connectivity index (χ0v) is 14.1. The molecule has 114 valence electrons. The van der Waals surface area contributed by atoms with E-state index in [9.17, 15) is 0 Å². The quantitative estimate of drug-likeness (QED) is 0.936. The van der Waals surface area contributed by atoms with Gasteiger partial charge in [-0.1, -0.05) is 32.1 Å². The van der Waals surface area contributed by atoms with Crippen molar-refractivity contribution in [3.63, 3.8) is 0 Å². The lowest BCUT2D eigenvalue weighted by Crippen LogP contribution is -2.16. The van der Waals surface area contributed by atoms with Gasteiger partial charge in [-0.3, -0.25) is 0 Å². The summed E-state index contributed by atoms with van der Waals surface area (Å²) in [6.45, 7) is 7.02. The van der Waals surface area contributed by atoms with Gasteiger partial charge in [0.2, 0.25) is 0 Å². The van der Waals surface area contributed by atoms with Crippen LogP contribution in [0.5, 0.6) is 5.75 Å². The standard InChI is InChI=1S/C16H23N3OS/c1-16(2,3)14-13(10-17)21-15(18-14)19(4)11-6-8-12(20-5)9-7-11/h6-9H,10,17H2,1-5H3. The predicted molar refractivity (Wildman–Crippen MR) is 89.8 cm³/mol. The molecule has 2 N–H and O–H groups in total. The molecular weight excluding hydrogens is 282 g/mol. The van der Waals surface area contributed by atoms with Crippen LogP contribution in [0.15, 0.2) is 24.3 Å². The van der Waals surface area contributed by atoms with E-state index in [1.807, 2.05) is 31.3 Å². The van der Waals surface area contributed by atoms with E-state index in [0.29, 0.717) is 6.54 Å². The summed E-state index contributed by atoms with van der Waals surface area (Å²) >= 11 is 1.66. The molecule has 1 aromatic carbocycles. The molecule has 5 heteroatoms. The molecule has 4 nitrogen and oxygen atoms in total. The minimum atomic E-state index is 0.00417. The van der Waals surface area contributed by atoms with E-state index in [1.54, 1.807) is 18.4 Å². The first-order chi connectivity index (χ1) is 9.86. The summed E-state index contributed by atoms with van der Waals surface area (Å²) in [4.78, 5) is 8.04. The molecule has 0 saturated heterocycles. The molecule has 21 heavy (non-hydrogen) atoms. The molecular formula is C16H23N3OS. The Bertz CT molecular complexity index is 599. The first-order valence-electron chi connectivity index (χ1n) is 6.95. The van der Waals surface area contributed by atoms with E-state index < -0.39 is 0 Å². The van der Waals surface area contributed by atoms with Crippen molar-refractivity contribution in [2.45, 2.75) is 32.7 Å².